The molecule has 1 aromatic carbocycles. The Morgan fingerprint density at radius 1 is 1.17 bits per heavy atom. The largest absolute Gasteiger partial charge is 0.508 e. The molecule has 5 heteroatoms. The van der Waals surface area contributed by atoms with Crippen molar-refractivity contribution in [3.63, 3.8) is 0 Å². The second kappa shape index (κ2) is 4.59. The summed E-state index contributed by atoms with van der Waals surface area (Å²) in [7, 11) is -2.16. The number of hydrogen-bond acceptors (Lipinski definition) is 3. The molecule has 1 aliphatic rings. The summed E-state index contributed by atoms with van der Waals surface area (Å²) in [6, 6.07) is 5.40. The van der Waals surface area contributed by atoms with E-state index in [1.807, 2.05) is 0 Å². The Labute approximate surface area is 106 Å². The smallest absolute Gasteiger partial charge is 0.264 e. The quantitative estimate of drug-likeness (QED) is 0.844. The monoisotopic (exact) mass is 261 g/mol. The summed E-state index contributed by atoms with van der Waals surface area (Å²) < 4.78 is 25.7. The number of sulfonamides is 1. The van der Waals surface area contributed by atoms with Crippen LogP contribution in [-0.4, -0.2) is 24.9 Å². The summed E-state index contributed by atoms with van der Waals surface area (Å²) in [5.74, 6) is 0.0271. The van der Waals surface area contributed by atoms with Gasteiger partial charge in [0.15, 0.2) is 0 Å². The SMILES string of the molecule is CN(C1=CC=C=C=C1)S(=O)(=O)c1ccc(O)cc1. The molecule has 92 valence electrons. The highest BCUT2D eigenvalue weighted by atomic mass is 32.2. The molecule has 0 fully saturated rings. The summed E-state index contributed by atoms with van der Waals surface area (Å²) in [6.07, 6.45) is 4.77. The predicted octanol–water partition coefficient (Wildman–Crippen LogP) is 1.78. The lowest BCUT2D eigenvalue weighted by atomic mass is 10.3. The first-order valence-corrected chi connectivity index (χ1v) is 6.61. The van der Waals surface area contributed by atoms with Gasteiger partial charge in [0.25, 0.3) is 10.0 Å². The van der Waals surface area contributed by atoms with Crippen LogP contribution in [0.4, 0.5) is 0 Å². The highest BCUT2D eigenvalue weighted by Gasteiger charge is 2.21. The van der Waals surface area contributed by atoms with Crippen molar-refractivity contribution in [1.82, 2.24) is 4.31 Å². The van der Waals surface area contributed by atoms with Crippen molar-refractivity contribution < 1.29 is 13.5 Å². The van der Waals surface area contributed by atoms with E-state index in [1.165, 1.54) is 37.4 Å². The van der Waals surface area contributed by atoms with Gasteiger partial charge in [-0.15, -0.1) is 0 Å². The van der Waals surface area contributed by atoms with Gasteiger partial charge in [-0.05, 0) is 36.4 Å². The van der Waals surface area contributed by atoms with Crippen LogP contribution in [0.5, 0.6) is 5.75 Å². The molecule has 2 rings (SSSR count). The van der Waals surface area contributed by atoms with E-state index in [-0.39, 0.29) is 10.6 Å². The lowest BCUT2D eigenvalue weighted by molar-refractivity contribution is 0.474. The number of allylic oxidation sites excluding steroid dienone is 3. The maximum atomic E-state index is 12.3. The van der Waals surface area contributed by atoms with Crippen molar-refractivity contribution in [2.75, 3.05) is 7.05 Å². The highest BCUT2D eigenvalue weighted by molar-refractivity contribution is 7.89. The number of likely N-dealkylation sites (N-methyl/N-ethyl adjacent to an activating group) is 1. The lowest BCUT2D eigenvalue weighted by Crippen LogP contribution is -2.25. The van der Waals surface area contributed by atoms with Gasteiger partial charge in [-0.1, -0.05) is 11.5 Å². The number of benzene rings is 1. The van der Waals surface area contributed by atoms with Crippen LogP contribution >= 0.6 is 0 Å². The molecule has 0 heterocycles. The van der Waals surface area contributed by atoms with Crippen molar-refractivity contribution >= 4 is 10.0 Å². The Bertz CT molecular complexity index is 686. The molecule has 0 spiro atoms. The zero-order valence-corrected chi connectivity index (χ0v) is 10.5. The molecule has 0 saturated carbocycles. The molecule has 0 amide bonds. The van der Waals surface area contributed by atoms with Gasteiger partial charge in [-0.25, -0.2) is 8.42 Å². The van der Waals surface area contributed by atoms with Crippen LogP contribution in [-0.2, 0) is 10.0 Å². The van der Waals surface area contributed by atoms with Gasteiger partial charge in [-0.2, -0.15) is 0 Å². The molecule has 0 aliphatic heterocycles. The first-order valence-electron chi connectivity index (χ1n) is 5.17. The van der Waals surface area contributed by atoms with Crippen molar-refractivity contribution in [1.29, 1.82) is 0 Å². The zero-order valence-electron chi connectivity index (χ0n) is 9.66. The Kier molecular flexibility index (Phi) is 3.13. The first kappa shape index (κ1) is 12.3. The van der Waals surface area contributed by atoms with Crippen molar-refractivity contribution in [2.45, 2.75) is 4.90 Å². The molecular weight excluding hydrogens is 250 g/mol. The summed E-state index contributed by atoms with van der Waals surface area (Å²) in [6.45, 7) is 0. The van der Waals surface area contributed by atoms with Gasteiger partial charge in [0, 0.05) is 13.1 Å². The summed E-state index contributed by atoms with van der Waals surface area (Å²) >= 11 is 0. The summed E-state index contributed by atoms with van der Waals surface area (Å²) in [4.78, 5) is 0.121. The summed E-state index contributed by atoms with van der Waals surface area (Å²) in [5.41, 5.74) is 5.91. The molecule has 1 aromatic rings. The molecule has 18 heavy (non-hydrogen) atoms. The molecule has 0 bridgehead atoms. The lowest BCUT2D eigenvalue weighted by Gasteiger charge is -2.20. The van der Waals surface area contributed by atoms with Crippen molar-refractivity contribution in [3.05, 3.63) is 59.7 Å². The van der Waals surface area contributed by atoms with Crippen LogP contribution in [0.2, 0.25) is 0 Å². The highest BCUT2D eigenvalue weighted by Crippen LogP contribution is 2.21. The Hall–Kier alpha value is -2.19. The number of nitrogens with zero attached hydrogens (tertiary/aromatic N) is 1. The van der Waals surface area contributed by atoms with Gasteiger partial charge in [0.1, 0.15) is 5.75 Å². The molecule has 1 aliphatic carbocycles. The van der Waals surface area contributed by atoms with E-state index < -0.39 is 10.0 Å². The second-order valence-electron chi connectivity index (χ2n) is 3.66. The number of phenolic OH excluding ortho intramolecular Hbond substituents is 1. The average molecular weight is 261 g/mol. The topological polar surface area (TPSA) is 57.6 Å². The molecule has 1 N–H and O–H groups in total. The minimum atomic E-state index is -3.62. The van der Waals surface area contributed by atoms with Gasteiger partial charge in [0.05, 0.1) is 10.6 Å². The van der Waals surface area contributed by atoms with Crippen LogP contribution in [0.15, 0.2) is 64.5 Å². The van der Waals surface area contributed by atoms with E-state index in [0.29, 0.717) is 5.70 Å². The minimum Gasteiger partial charge on any atom is -0.508 e. The van der Waals surface area contributed by atoms with Crippen LogP contribution in [0.25, 0.3) is 0 Å². The fraction of sp³-hybridized carbons (Fsp3) is 0.0769. The predicted molar refractivity (Wildman–Crippen MR) is 67.3 cm³/mol. The third-order valence-corrected chi connectivity index (χ3v) is 4.30. The molecule has 4 nitrogen and oxygen atoms in total. The maximum Gasteiger partial charge on any atom is 0.264 e. The first-order chi connectivity index (χ1) is 8.51. The van der Waals surface area contributed by atoms with E-state index in [9.17, 15) is 8.42 Å². The fourth-order valence-electron chi connectivity index (χ4n) is 1.45. The van der Waals surface area contributed by atoms with E-state index >= 15 is 0 Å². The van der Waals surface area contributed by atoms with Crippen molar-refractivity contribution in [3.8, 4) is 5.75 Å². The number of aromatic hydroxyl groups is 1. The van der Waals surface area contributed by atoms with Crippen molar-refractivity contribution in [2.24, 2.45) is 0 Å². The van der Waals surface area contributed by atoms with E-state index in [0.717, 1.165) is 4.31 Å². The van der Waals surface area contributed by atoms with Gasteiger partial charge < -0.3 is 5.11 Å². The third-order valence-electron chi connectivity index (χ3n) is 2.50. The molecular formula is C13H11NO3S. The standard InChI is InChI=1S/C13H11NO3S/c1-14(11-5-3-2-4-6-11)18(16,17)13-9-7-12(15)8-10-13/h3,5-10,15H,1H3. The normalized spacial score (nSPS) is 13.5. The fourth-order valence-corrected chi connectivity index (χ4v) is 2.64. The number of hydrogen-bond donors (Lipinski definition) is 1. The summed E-state index contributed by atoms with van der Waals surface area (Å²) in [5, 5.41) is 9.16. The van der Waals surface area contributed by atoms with E-state index in [2.05, 4.69) is 11.5 Å². The average Bonchev–Trinajstić information content (AvgIpc) is 2.39. The Morgan fingerprint density at radius 3 is 2.39 bits per heavy atom. The molecule has 0 radical (unpaired) electrons. The molecule has 0 unspecified atom stereocenters. The van der Waals surface area contributed by atoms with E-state index in [1.54, 1.807) is 12.2 Å². The minimum absolute atomic E-state index is 0.0271. The molecule has 0 saturated heterocycles. The number of phenols is 1. The van der Waals surface area contributed by atoms with E-state index in [4.69, 9.17) is 5.11 Å². The van der Waals surface area contributed by atoms with Crippen LogP contribution in [0, 0.1) is 0 Å². The van der Waals surface area contributed by atoms with Crippen LogP contribution < -0.4 is 0 Å². The Morgan fingerprint density at radius 2 is 1.83 bits per heavy atom. The second-order valence-corrected chi connectivity index (χ2v) is 5.63. The zero-order chi connectivity index (χ0) is 13.2. The van der Waals surface area contributed by atoms with Crippen LogP contribution in [0.1, 0.15) is 0 Å². The van der Waals surface area contributed by atoms with Gasteiger partial charge in [-0.3, -0.25) is 4.31 Å². The maximum absolute atomic E-state index is 12.3. The Balaban J connectivity index is 2.37. The van der Waals surface area contributed by atoms with Gasteiger partial charge >= 0.3 is 0 Å². The van der Waals surface area contributed by atoms with Crippen LogP contribution in [0.3, 0.4) is 0 Å². The molecule has 0 aromatic heterocycles. The number of rotatable bonds is 3. The van der Waals surface area contributed by atoms with Gasteiger partial charge in [0.2, 0.25) is 0 Å². The molecule has 0 atom stereocenters. The third kappa shape index (κ3) is 2.24.